The molecule has 0 radical (unpaired) electrons. The van der Waals surface area contributed by atoms with E-state index in [9.17, 15) is 0 Å². The highest BCUT2D eigenvalue weighted by molar-refractivity contribution is 5.26. The van der Waals surface area contributed by atoms with E-state index in [1.807, 2.05) is 0 Å². The average Bonchev–Trinajstić information content (AvgIpc) is 2.60. The highest BCUT2D eigenvalue weighted by atomic mass is 16.5. The molecule has 24 heavy (non-hydrogen) atoms. The molecule has 0 N–H and O–H groups in total. The molecule has 0 aliphatic heterocycles. The largest absolute Gasteiger partial charge is 0.493 e. The predicted octanol–water partition coefficient (Wildman–Crippen LogP) is 7.71. The third-order valence-electron chi connectivity index (χ3n) is 4.94. The molecule has 1 aromatic rings. The van der Waals surface area contributed by atoms with Crippen molar-refractivity contribution >= 4 is 0 Å². The average molecular weight is 333 g/mol. The molecule has 138 valence electrons. The number of ether oxygens (including phenoxy) is 1. The Morgan fingerprint density at radius 1 is 0.708 bits per heavy atom. The minimum Gasteiger partial charge on any atom is -0.493 e. The van der Waals surface area contributed by atoms with E-state index >= 15 is 0 Å². The molecule has 1 nitrogen and oxygen atoms in total. The molecule has 0 fully saturated rings. The summed E-state index contributed by atoms with van der Waals surface area (Å²) in [6.45, 7) is 7.59. The summed E-state index contributed by atoms with van der Waals surface area (Å²) < 4.78 is 6.08. The summed E-state index contributed by atoms with van der Waals surface area (Å²) in [7, 11) is 0. The molecule has 0 spiro atoms. The van der Waals surface area contributed by atoms with E-state index in [0.717, 1.165) is 18.3 Å². The zero-order valence-corrected chi connectivity index (χ0v) is 16.5. The van der Waals surface area contributed by atoms with Crippen LogP contribution in [0.1, 0.15) is 96.5 Å². The lowest BCUT2D eigenvalue weighted by Gasteiger charge is -2.18. The normalized spacial score (nSPS) is 12.3. The second-order valence-electron chi connectivity index (χ2n) is 7.40. The van der Waals surface area contributed by atoms with Gasteiger partial charge in [0.2, 0.25) is 0 Å². The predicted molar refractivity (Wildman–Crippen MR) is 107 cm³/mol. The van der Waals surface area contributed by atoms with Crippen LogP contribution in [-0.2, 0) is 0 Å². The topological polar surface area (TPSA) is 9.23 Å². The molecular formula is C23H40O. The quantitative estimate of drug-likeness (QED) is 0.299. The van der Waals surface area contributed by atoms with Crippen molar-refractivity contribution in [3.8, 4) is 5.75 Å². The number of rotatable bonds is 15. The van der Waals surface area contributed by atoms with Gasteiger partial charge < -0.3 is 4.74 Å². The fourth-order valence-corrected chi connectivity index (χ4v) is 3.23. The van der Waals surface area contributed by atoms with Gasteiger partial charge in [-0.2, -0.15) is 0 Å². The van der Waals surface area contributed by atoms with Gasteiger partial charge in [-0.25, -0.2) is 0 Å². The summed E-state index contributed by atoms with van der Waals surface area (Å²) in [5, 5.41) is 0. The lowest BCUT2D eigenvalue weighted by Crippen LogP contribution is -2.12. The maximum atomic E-state index is 6.08. The highest BCUT2D eigenvalue weighted by Crippen LogP contribution is 2.21. The minimum atomic E-state index is 0.731. The molecule has 0 saturated heterocycles. The van der Waals surface area contributed by atoms with E-state index in [0.29, 0.717) is 0 Å². The Labute approximate surface area is 151 Å². The van der Waals surface area contributed by atoms with Crippen LogP contribution in [0.25, 0.3) is 0 Å². The Kier molecular flexibility index (Phi) is 12.6. The van der Waals surface area contributed by atoms with Gasteiger partial charge in [0.15, 0.2) is 0 Å². The molecule has 0 aliphatic carbocycles. The van der Waals surface area contributed by atoms with Crippen LogP contribution in [0.15, 0.2) is 24.3 Å². The van der Waals surface area contributed by atoms with Gasteiger partial charge >= 0.3 is 0 Å². The smallest absolute Gasteiger partial charge is 0.119 e. The fraction of sp³-hybridized carbons (Fsp3) is 0.739. The molecule has 0 aromatic heterocycles. The third kappa shape index (κ3) is 10.7. The van der Waals surface area contributed by atoms with Gasteiger partial charge in [0.1, 0.15) is 5.75 Å². The van der Waals surface area contributed by atoms with E-state index in [1.54, 1.807) is 0 Å². The lowest BCUT2D eigenvalue weighted by atomic mass is 9.95. The second-order valence-corrected chi connectivity index (χ2v) is 7.40. The summed E-state index contributed by atoms with van der Waals surface area (Å²) >= 11 is 0. The van der Waals surface area contributed by atoms with E-state index in [1.165, 1.54) is 82.6 Å². The molecule has 0 bridgehead atoms. The molecule has 1 heteroatoms. The van der Waals surface area contributed by atoms with E-state index in [4.69, 9.17) is 4.74 Å². The van der Waals surface area contributed by atoms with Crippen LogP contribution in [0.3, 0.4) is 0 Å². The van der Waals surface area contributed by atoms with Crippen molar-refractivity contribution in [2.45, 2.75) is 97.8 Å². The number of unbranched alkanes of at least 4 members (excludes halogenated alkanes) is 8. The van der Waals surface area contributed by atoms with E-state index in [-0.39, 0.29) is 0 Å². The summed E-state index contributed by atoms with van der Waals surface area (Å²) in [4.78, 5) is 0. The lowest BCUT2D eigenvalue weighted by molar-refractivity contribution is 0.224. The maximum Gasteiger partial charge on any atom is 0.119 e. The number of benzene rings is 1. The van der Waals surface area contributed by atoms with Crippen LogP contribution in [0.4, 0.5) is 0 Å². The first kappa shape index (κ1) is 21.1. The monoisotopic (exact) mass is 332 g/mol. The Hall–Kier alpha value is -0.980. The Balaban J connectivity index is 2.28. The van der Waals surface area contributed by atoms with Gasteiger partial charge in [0.05, 0.1) is 6.61 Å². The Morgan fingerprint density at radius 3 is 1.79 bits per heavy atom. The van der Waals surface area contributed by atoms with Gasteiger partial charge in [-0.3, -0.25) is 0 Å². The molecule has 1 atom stereocenters. The molecule has 1 unspecified atom stereocenters. The van der Waals surface area contributed by atoms with Crippen molar-refractivity contribution in [2.75, 3.05) is 6.61 Å². The number of hydrogen-bond acceptors (Lipinski definition) is 1. The van der Waals surface area contributed by atoms with Crippen LogP contribution in [-0.4, -0.2) is 6.61 Å². The van der Waals surface area contributed by atoms with Crippen LogP contribution in [0.5, 0.6) is 5.75 Å². The van der Waals surface area contributed by atoms with Crippen molar-refractivity contribution in [2.24, 2.45) is 5.92 Å². The zero-order chi connectivity index (χ0) is 17.5. The van der Waals surface area contributed by atoms with E-state index in [2.05, 4.69) is 45.0 Å². The third-order valence-corrected chi connectivity index (χ3v) is 4.94. The van der Waals surface area contributed by atoms with Crippen molar-refractivity contribution < 1.29 is 4.74 Å². The Bertz CT molecular complexity index is 382. The molecule has 0 saturated carbocycles. The summed E-state index contributed by atoms with van der Waals surface area (Å²) in [5.41, 5.74) is 1.30. The van der Waals surface area contributed by atoms with Crippen molar-refractivity contribution in [3.63, 3.8) is 0 Å². The van der Waals surface area contributed by atoms with E-state index < -0.39 is 0 Å². The molecule has 1 rings (SSSR count). The minimum absolute atomic E-state index is 0.731. The first-order valence-corrected chi connectivity index (χ1v) is 10.5. The Morgan fingerprint density at radius 2 is 1.21 bits per heavy atom. The standard InChI is InChI=1S/C23H40O/c1-4-6-8-10-11-13-15-22(14-12-9-7-5-2)20-24-23-18-16-21(3)17-19-23/h16-19,22H,4-15,20H2,1-3H3. The first-order valence-electron chi connectivity index (χ1n) is 10.5. The number of hydrogen-bond donors (Lipinski definition) is 0. The van der Waals surface area contributed by atoms with Crippen LogP contribution in [0, 0.1) is 12.8 Å². The fourth-order valence-electron chi connectivity index (χ4n) is 3.23. The highest BCUT2D eigenvalue weighted by Gasteiger charge is 2.10. The summed E-state index contributed by atoms with van der Waals surface area (Å²) in [6.07, 6.45) is 16.5. The van der Waals surface area contributed by atoms with Gasteiger partial charge in [0, 0.05) is 0 Å². The molecule has 0 amide bonds. The van der Waals surface area contributed by atoms with Gasteiger partial charge in [-0.15, -0.1) is 0 Å². The van der Waals surface area contributed by atoms with Crippen LogP contribution < -0.4 is 4.74 Å². The van der Waals surface area contributed by atoms with Crippen molar-refractivity contribution in [1.29, 1.82) is 0 Å². The van der Waals surface area contributed by atoms with Crippen molar-refractivity contribution in [1.82, 2.24) is 0 Å². The van der Waals surface area contributed by atoms with Gasteiger partial charge in [-0.1, -0.05) is 95.8 Å². The zero-order valence-electron chi connectivity index (χ0n) is 16.5. The SMILES string of the molecule is CCCCCCCCC(CCCCCC)COc1ccc(C)cc1. The number of aryl methyl sites for hydroxylation is 1. The maximum absolute atomic E-state index is 6.08. The molecule has 1 aromatic carbocycles. The molecule has 0 aliphatic rings. The van der Waals surface area contributed by atoms with Gasteiger partial charge in [-0.05, 0) is 37.8 Å². The van der Waals surface area contributed by atoms with Crippen LogP contribution >= 0.6 is 0 Å². The van der Waals surface area contributed by atoms with Crippen molar-refractivity contribution in [3.05, 3.63) is 29.8 Å². The molecular weight excluding hydrogens is 292 g/mol. The van der Waals surface area contributed by atoms with Gasteiger partial charge in [0.25, 0.3) is 0 Å². The van der Waals surface area contributed by atoms with Crippen LogP contribution in [0.2, 0.25) is 0 Å². The summed E-state index contributed by atoms with van der Waals surface area (Å²) in [6, 6.07) is 8.49. The summed E-state index contributed by atoms with van der Waals surface area (Å²) in [5.74, 6) is 1.76. The molecule has 0 heterocycles. The first-order chi connectivity index (χ1) is 11.8. The second kappa shape index (κ2) is 14.4.